The molecule has 108 valence electrons. The van der Waals surface area contributed by atoms with E-state index in [4.69, 9.17) is 14.2 Å². The van der Waals surface area contributed by atoms with Crippen LogP contribution >= 0.6 is 0 Å². The summed E-state index contributed by atoms with van der Waals surface area (Å²) in [6.07, 6.45) is 0.973. The maximum absolute atomic E-state index is 5.61. The first kappa shape index (κ1) is 15.9. The zero-order valence-corrected chi connectivity index (χ0v) is 11.8. The van der Waals surface area contributed by atoms with E-state index in [9.17, 15) is 0 Å². The fourth-order valence-electron chi connectivity index (χ4n) is 2.07. The van der Waals surface area contributed by atoms with Gasteiger partial charge in [-0.3, -0.25) is 4.90 Å². The van der Waals surface area contributed by atoms with Crippen LogP contribution in [0, 0.1) is 0 Å². The van der Waals surface area contributed by atoms with Crippen molar-refractivity contribution >= 4 is 0 Å². The van der Waals surface area contributed by atoms with Gasteiger partial charge in [-0.2, -0.15) is 0 Å². The van der Waals surface area contributed by atoms with Crippen molar-refractivity contribution in [2.24, 2.45) is 0 Å². The largest absolute Gasteiger partial charge is 0.385 e. The summed E-state index contributed by atoms with van der Waals surface area (Å²) in [5.74, 6) is 0. The van der Waals surface area contributed by atoms with Gasteiger partial charge >= 0.3 is 0 Å². The zero-order valence-electron chi connectivity index (χ0n) is 11.8. The van der Waals surface area contributed by atoms with E-state index < -0.39 is 0 Å². The standard InChI is InChI=1S/C13H28N2O3/c1-3-14-11-13-12-18-10-6-15(13)5-9-17-8-4-7-16-2/h13-14H,3-12H2,1-2H3. The van der Waals surface area contributed by atoms with Gasteiger partial charge in [-0.1, -0.05) is 6.92 Å². The minimum Gasteiger partial charge on any atom is -0.385 e. The fraction of sp³-hybridized carbons (Fsp3) is 1.00. The van der Waals surface area contributed by atoms with Gasteiger partial charge in [-0.15, -0.1) is 0 Å². The summed E-state index contributed by atoms with van der Waals surface area (Å²) in [4.78, 5) is 2.46. The van der Waals surface area contributed by atoms with Crippen molar-refractivity contribution in [1.82, 2.24) is 10.2 Å². The normalized spacial score (nSPS) is 21.3. The van der Waals surface area contributed by atoms with E-state index in [0.717, 1.165) is 65.6 Å². The number of nitrogens with one attached hydrogen (secondary N) is 1. The van der Waals surface area contributed by atoms with Gasteiger partial charge in [0, 0.05) is 46.0 Å². The molecule has 0 spiro atoms. The molecule has 0 bridgehead atoms. The van der Waals surface area contributed by atoms with Gasteiger partial charge in [0.2, 0.25) is 0 Å². The van der Waals surface area contributed by atoms with E-state index in [2.05, 4.69) is 17.1 Å². The van der Waals surface area contributed by atoms with Crippen LogP contribution in [0.3, 0.4) is 0 Å². The van der Waals surface area contributed by atoms with Gasteiger partial charge in [0.1, 0.15) is 0 Å². The summed E-state index contributed by atoms with van der Waals surface area (Å²) in [7, 11) is 1.72. The Hall–Kier alpha value is -0.200. The lowest BCUT2D eigenvalue weighted by Crippen LogP contribution is -2.51. The maximum Gasteiger partial charge on any atom is 0.0634 e. The molecule has 1 atom stereocenters. The monoisotopic (exact) mass is 260 g/mol. The van der Waals surface area contributed by atoms with Crippen molar-refractivity contribution in [2.75, 3.05) is 66.3 Å². The Balaban J connectivity index is 2.09. The molecule has 1 aliphatic rings. The zero-order chi connectivity index (χ0) is 13.1. The number of ether oxygens (including phenoxy) is 3. The second-order valence-corrected chi connectivity index (χ2v) is 4.53. The lowest BCUT2D eigenvalue weighted by Gasteiger charge is -2.35. The van der Waals surface area contributed by atoms with Crippen molar-refractivity contribution in [3.8, 4) is 0 Å². The highest BCUT2D eigenvalue weighted by Gasteiger charge is 2.21. The number of morpholine rings is 1. The Morgan fingerprint density at radius 3 is 3.00 bits per heavy atom. The molecular weight excluding hydrogens is 232 g/mol. The van der Waals surface area contributed by atoms with Crippen molar-refractivity contribution < 1.29 is 14.2 Å². The van der Waals surface area contributed by atoms with E-state index in [1.807, 2.05) is 0 Å². The second kappa shape index (κ2) is 10.7. The second-order valence-electron chi connectivity index (χ2n) is 4.53. The number of methoxy groups -OCH3 is 1. The summed E-state index contributed by atoms with van der Waals surface area (Å²) in [6, 6.07) is 0.487. The SMILES string of the molecule is CCNCC1COCCN1CCOCCCOC. The predicted molar refractivity (Wildman–Crippen MR) is 72.0 cm³/mol. The van der Waals surface area contributed by atoms with Gasteiger partial charge in [0.25, 0.3) is 0 Å². The molecule has 1 fully saturated rings. The van der Waals surface area contributed by atoms with Crippen molar-refractivity contribution in [3.05, 3.63) is 0 Å². The molecule has 5 heteroatoms. The van der Waals surface area contributed by atoms with Gasteiger partial charge in [-0.05, 0) is 13.0 Å². The van der Waals surface area contributed by atoms with Crippen LogP contribution in [0.5, 0.6) is 0 Å². The van der Waals surface area contributed by atoms with Gasteiger partial charge < -0.3 is 19.5 Å². The number of hydrogen-bond donors (Lipinski definition) is 1. The molecule has 5 nitrogen and oxygen atoms in total. The van der Waals surface area contributed by atoms with E-state index in [0.29, 0.717) is 6.04 Å². The Labute approximate surface area is 111 Å². The Morgan fingerprint density at radius 1 is 1.33 bits per heavy atom. The molecule has 1 heterocycles. The van der Waals surface area contributed by atoms with Crippen LogP contribution in [0.15, 0.2) is 0 Å². The van der Waals surface area contributed by atoms with E-state index in [1.165, 1.54) is 0 Å². The number of likely N-dealkylation sites (N-methyl/N-ethyl adjacent to an activating group) is 1. The molecule has 0 saturated carbocycles. The highest BCUT2D eigenvalue weighted by molar-refractivity contribution is 4.77. The molecule has 0 aromatic carbocycles. The predicted octanol–water partition coefficient (Wildman–Crippen LogP) is 0.350. The number of hydrogen-bond acceptors (Lipinski definition) is 5. The Bertz CT molecular complexity index is 193. The number of nitrogens with zero attached hydrogens (tertiary/aromatic N) is 1. The van der Waals surface area contributed by atoms with E-state index >= 15 is 0 Å². The van der Waals surface area contributed by atoms with Crippen LogP contribution in [0.4, 0.5) is 0 Å². The first-order valence-electron chi connectivity index (χ1n) is 6.97. The molecule has 1 rings (SSSR count). The molecule has 0 aliphatic carbocycles. The summed E-state index contributed by atoms with van der Waals surface area (Å²) >= 11 is 0. The average Bonchev–Trinajstić information content (AvgIpc) is 2.41. The first-order valence-corrected chi connectivity index (χ1v) is 6.97. The van der Waals surface area contributed by atoms with Gasteiger partial charge in [0.05, 0.1) is 19.8 Å². The van der Waals surface area contributed by atoms with Crippen LogP contribution < -0.4 is 5.32 Å². The lowest BCUT2D eigenvalue weighted by molar-refractivity contribution is -0.0203. The third kappa shape index (κ3) is 6.66. The molecule has 1 aliphatic heterocycles. The van der Waals surface area contributed by atoms with Crippen LogP contribution in [-0.4, -0.2) is 77.3 Å². The van der Waals surface area contributed by atoms with Crippen molar-refractivity contribution in [2.45, 2.75) is 19.4 Å². The number of rotatable bonds is 10. The summed E-state index contributed by atoms with van der Waals surface area (Å²) in [6.45, 7) is 10.2. The van der Waals surface area contributed by atoms with Gasteiger partial charge in [0.15, 0.2) is 0 Å². The van der Waals surface area contributed by atoms with Crippen LogP contribution in [0.25, 0.3) is 0 Å². The molecule has 1 unspecified atom stereocenters. The van der Waals surface area contributed by atoms with Gasteiger partial charge in [-0.25, -0.2) is 0 Å². The molecule has 18 heavy (non-hydrogen) atoms. The summed E-state index contributed by atoms with van der Waals surface area (Å²) in [5, 5.41) is 3.39. The highest BCUT2D eigenvalue weighted by atomic mass is 16.5. The quantitative estimate of drug-likeness (QED) is 0.574. The van der Waals surface area contributed by atoms with Crippen molar-refractivity contribution in [3.63, 3.8) is 0 Å². The summed E-state index contributed by atoms with van der Waals surface area (Å²) < 4.78 is 16.1. The van der Waals surface area contributed by atoms with Crippen LogP contribution in [0.1, 0.15) is 13.3 Å². The molecule has 0 aromatic rings. The van der Waals surface area contributed by atoms with E-state index in [1.54, 1.807) is 7.11 Å². The third-order valence-electron chi connectivity index (χ3n) is 3.14. The lowest BCUT2D eigenvalue weighted by atomic mass is 10.2. The Kier molecular flexibility index (Phi) is 9.42. The summed E-state index contributed by atoms with van der Waals surface area (Å²) in [5.41, 5.74) is 0. The Morgan fingerprint density at radius 2 is 2.22 bits per heavy atom. The molecule has 0 amide bonds. The highest BCUT2D eigenvalue weighted by Crippen LogP contribution is 2.05. The minimum absolute atomic E-state index is 0.487. The van der Waals surface area contributed by atoms with Crippen molar-refractivity contribution in [1.29, 1.82) is 0 Å². The third-order valence-corrected chi connectivity index (χ3v) is 3.14. The molecule has 1 saturated heterocycles. The smallest absolute Gasteiger partial charge is 0.0634 e. The minimum atomic E-state index is 0.487. The first-order chi connectivity index (χ1) is 8.88. The molecular formula is C13H28N2O3. The fourth-order valence-corrected chi connectivity index (χ4v) is 2.07. The maximum atomic E-state index is 5.61. The van der Waals surface area contributed by atoms with Crippen LogP contribution in [-0.2, 0) is 14.2 Å². The average molecular weight is 260 g/mol. The molecule has 0 aromatic heterocycles. The van der Waals surface area contributed by atoms with Crippen LogP contribution in [0.2, 0.25) is 0 Å². The van der Waals surface area contributed by atoms with E-state index in [-0.39, 0.29) is 0 Å². The molecule has 1 N–H and O–H groups in total. The topological polar surface area (TPSA) is 43.0 Å². The molecule has 0 radical (unpaired) electrons.